The summed E-state index contributed by atoms with van der Waals surface area (Å²) in [6.45, 7) is 1.61. The number of carbonyl (C=O) groups excluding carboxylic acids is 1. The molecule has 0 fully saturated rings. The molecule has 1 atom stereocenters. The fourth-order valence-corrected chi connectivity index (χ4v) is 2.33. The molecule has 0 aliphatic heterocycles. The standard InChI is InChI=1S/C16H14Cl2F2N2O/c1-9(12-4-3-11(19)7-14(12)20)21-8-16(23)22-15-6-10(17)2-5-13(15)18/h2-7,9,21H,8H2,1H3,(H,22,23)/t9-/m1/s1. The van der Waals surface area contributed by atoms with E-state index in [0.29, 0.717) is 15.7 Å². The van der Waals surface area contributed by atoms with Gasteiger partial charge in [0.25, 0.3) is 0 Å². The molecule has 3 nitrogen and oxygen atoms in total. The van der Waals surface area contributed by atoms with Crippen LogP contribution in [0.15, 0.2) is 36.4 Å². The molecule has 0 spiro atoms. The van der Waals surface area contributed by atoms with Gasteiger partial charge in [0.05, 0.1) is 17.3 Å². The summed E-state index contributed by atoms with van der Waals surface area (Å²) in [5.41, 5.74) is 0.673. The number of carbonyl (C=O) groups is 1. The van der Waals surface area contributed by atoms with Gasteiger partial charge in [0.2, 0.25) is 5.91 Å². The smallest absolute Gasteiger partial charge is 0.238 e. The van der Waals surface area contributed by atoms with E-state index in [0.717, 1.165) is 6.07 Å². The van der Waals surface area contributed by atoms with E-state index in [1.807, 2.05) is 0 Å². The first-order chi connectivity index (χ1) is 10.9. The van der Waals surface area contributed by atoms with Crippen LogP contribution in [-0.4, -0.2) is 12.5 Å². The predicted octanol–water partition coefficient (Wildman–Crippen LogP) is 4.56. The van der Waals surface area contributed by atoms with E-state index in [1.165, 1.54) is 18.2 Å². The first-order valence-electron chi connectivity index (χ1n) is 6.80. The summed E-state index contributed by atoms with van der Waals surface area (Å²) in [7, 11) is 0. The molecule has 0 unspecified atom stereocenters. The summed E-state index contributed by atoms with van der Waals surface area (Å²) in [5.74, 6) is -1.67. The average molecular weight is 359 g/mol. The normalized spacial score (nSPS) is 12.0. The molecule has 0 radical (unpaired) electrons. The topological polar surface area (TPSA) is 41.1 Å². The van der Waals surface area contributed by atoms with Crippen molar-refractivity contribution in [2.45, 2.75) is 13.0 Å². The van der Waals surface area contributed by atoms with Crippen molar-refractivity contribution in [2.75, 3.05) is 11.9 Å². The molecular formula is C16H14Cl2F2N2O. The Morgan fingerprint density at radius 3 is 2.61 bits per heavy atom. The molecule has 0 aliphatic carbocycles. The third kappa shape index (κ3) is 4.89. The highest BCUT2D eigenvalue weighted by molar-refractivity contribution is 6.35. The van der Waals surface area contributed by atoms with Crippen LogP contribution in [0.4, 0.5) is 14.5 Å². The summed E-state index contributed by atoms with van der Waals surface area (Å²) in [5, 5.41) is 6.28. The van der Waals surface area contributed by atoms with Gasteiger partial charge in [-0.25, -0.2) is 8.78 Å². The number of anilines is 1. The maximum atomic E-state index is 13.7. The Labute approximate surface area is 142 Å². The molecule has 1 amide bonds. The number of rotatable bonds is 5. The van der Waals surface area contributed by atoms with Gasteiger partial charge in [0, 0.05) is 22.7 Å². The molecule has 2 aromatic carbocycles. The van der Waals surface area contributed by atoms with Gasteiger partial charge in [0.1, 0.15) is 11.6 Å². The second-order valence-corrected chi connectivity index (χ2v) is 5.78. The third-order valence-electron chi connectivity index (χ3n) is 3.20. The fraction of sp³-hybridized carbons (Fsp3) is 0.188. The largest absolute Gasteiger partial charge is 0.324 e. The van der Waals surface area contributed by atoms with E-state index in [4.69, 9.17) is 23.2 Å². The van der Waals surface area contributed by atoms with E-state index >= 15 is 0 Å². The van der Waals surface area contributed by atoms with Crippen LogP contribution in [0.25, 0.3) is 0 Å². The third-order valence-corrected chi connectivity index (χ3v) is 3.76. The van der Waals surface area contributed by atoms with Crippen molar-refractivity contribution in [3.05, 3.63) is 63.6 Å². The van der Waals surface area contributed by atoms with Crippen molar-refractivity contribution in [1.29, 1.82) is 0 Å². The quantitative estimate of drug-likeness (QED) is 0.822. The van der Waals surface area contributed by atoms with Crippen LogP contribution in [0, 0.1) is 11.6 Å². The number of halogens is 4. The first-order valence-corrected chi connectivity index (χ1v) is 7.55. The fourth-order valence-electron chi connectivity index (χ4n) is 2.00. The average Bonchev–Trinajstić information content (AvgIpc) is 2.48. The lowest BCUT2D eigenvalue weighted by Crippen LogP contribution is -2.30. The Kier molecular flexibility index (Phi) is 5.93. The molecule has 0 heterocycles. The Morgan fingerprint density at radius 2 is 1.91 bits per heavy atom. The Morgan fingerprint density at radius 1 is 1.17 bits per heavy atom. The maximum absolute atomic E-state index is 13.7. The molecule has 23 heavy (non-hydrogen) atoms. The number of hydrogen-bond donors (Lipinski definition) is 2. The Hall–Kier alpha value is -1.69. The lowest BCUT2D eigenvalue weighted by atomic mass is 10.1. The molecule has 0 aliphatic rings. The molecule has 122 valence electrons. The van der Waals surface area contributed by atoms with Crippen molar-refractivity contribution >= 4 is 34.8 Å². The van der Waals surface area contributed by atoms with Crippen molar-refractivity contribution in [3.63, 3.8) is 0 Å². The Balaban J connectivity index is 1.94. The summed E-state index contributed by atoms with van der Waals surface area (Å²) in [4.78, 5) is 11.9. The van der Waals surface area contributed by atoms with E-state index < -0.39 is 17.7 Å². The van der Waals surface area contributed by atoms with Gasteiger partial charge in [0.15, 0.2) is 0 Å². The minimum atomic E-state index is -0.664. The first kappa shape index (κ1) is 17.7. The van der Waals surface area contributed by atoms with Gasteiger partial charge in [-0.2, -0.15) is 0 Å². The van der Waals surface area contributed by atoms with Gasteiger partial charge >= 0.3 is 0 Å². The highest BCUT2D eigenvalue weighted by Gasteiger charge is 2.13. The zero-order valence-electron chi connectivity index (χ0n) is 12.2. The van der Waals surface area contributed by atoms with Crippen LogP contribution in [-0.2, 0) is 4.79 Å². The van der Waals surface area contributed by atoms with E-state index in [2.05, 4.69) is 10.6 Å². The Bertz CT molecular complexity index is 725. The number of benzene rings is 2. The van der Waals surface area contributed by atoms with Crippen LogP contribution in [0.5, 0.6) is 0 Å². The van der Waals surface area contributed by atoms with Gasteiger partial charge in [-0.3, -0.25) is 4.79 Å². The molecule has 7 heteroatoms. The minimum Gasteiger partial charge on any atom is -0.324 e. The lowest BCUT2D eigenvalue weighted by molar-refractivity contribution is -0.115. The van der Waals surface area contributed by atoms with Crippen molar-refractivity contribution in [2.24, 2.45) is 0 Å². The summed E-state index contributed by atoms with van der Waals surface area (Å²) >= 11 is 11.8. The number of nitrogens with one attached hydrogen (secondary N) is 2. The predicted molar refractivity (Wildman–Crippen MR) is 87.9 cm³/mol. The maximum Gasteiger partial charge on any atom is 0.238 e. The van der Waals surface area contributed by atoms with Crippen molar-refractivity contribution in [1.82, 2.24) is 5.32 Å². The van der Waals surface area contributed by atoms with Gasteiger partial charge in [-0.1, -0.05) is 29.3 Å². The summed E-state index contributed by atoms with van der Waals surface area (Å²) < 4.78 is 26.5. The van der Waals surface area contributed by atoms with Crippen LogP contribution >= 0.6 is 23.2 Å². The molecule has 2 aromatic rings. The van der Waals surface area contributed by atoms with E-state index in [9.17, 15) is 13.6 Å². The highest BCUT2D eigenvalue weighted by Crippen LogP contribution is 2.25. The van der Waals surface area contributed by atoms with Gasteiger partial charge in [-0.15, -0.1) is 0 Å². The minimum absolute atomic E-state index is 0.0686. The van der Waals surface area contributed by atoms with Crippen LogP contribution in [0.3, 0.4) is 0 Å². The van der Waals surface area contributed by atoms with Crippen LogP contribution in [0.1, 0.15) is 18.5 Å². The molecule has 2 N–H and O–H groups in total. The van der Waals surface area contributed by atoms with Crippen molar-refractivity contribution < 1.29 is 13.6 Å². The molecule has 2 rings (SSSR count). The molecule has 0 saturated carbocycles. The molecule has 0 aromatic heterocycles. The van der Waals surface area contributed by atoms with Crippen LogP contribution in [0.2, 0.25) is 10.0 Å². The van der Waals surface area contributed by atoms with E-state index in [-0.39, 0.29) is 18.0 Å². The second kappa shape index (κ2) is 7.73. The number of hydrogen-bond acceptors (Lipinski definition) is 2. The zero-order valence-corrected chi connectivity index (χ0v) is 13.7. The number of amides is 1. The lowest BCUT2D eigenvalue weighted by Gasteiger charge is -2.15. The van der Waals surface area contributed by atoms with Gasteiger partial charge < -0.3 is 10.6 Å². The summed E-state index contributed by atoms with van der Waals surface area (Å²) in [6.07, 6.45) is 0. The molecular weight excluding hydrogens is 345 g/mol. The zero-order chi connectivity index (χ0) is 17.0. The van der Waals surface area contributed by atoms with E-state index in [1.54, 1.807) is 19.1 Å². The van der Waals surface area contributed by atoms with Gasteiger partial charge in [-0.05, 0) is 31.2 Å². The highest BCUT2D eigenvalue weighted by atomic mass is 35.5. The van der Waals surface area contributed by atoms with Crippen LogP contribution < -0.4 is 10.6 Å². The molecule has 0 saturated heterocycles. The second-order valence-electron chi connectivity index (χ2n) is 4.94. The van der Waals surface area contributed by atoms with Crippen molar-refractivity contribution in [3.8, 4) is 0 Å². The summed E-state index contributed by atoms with van der Waals surface area (Å²) in [6, 6.07) is 7.57. The molecule has 0 bridgehead atoms. The SMILES string of the molecule is C[C@@H](NCC(=O)Nc1cc(Cl)ccc1Cl)c1ccc(F)cc1F. The monoisotopic (exact) mass is 358 g/mol.